The van der Waals surface area contributed by atoms with Crippen LogP contribution in [-0.2, 0) is 14.4 Å². The zero-order valence-corrected chi connectivity index (χ0v) is 15.6. The van der Waals surface area contributed by atoms with Gasteiger partial charge < -0.3 is 14.7 Å². The molecule has 6 nitrogen and oxygen atoms in total. The molecule has 0 saturated carbocycles. The zero-order chi connectivity index (χ0) is 18.6. The Morgan fingerprint density at radius 2 is 1.80 bits per heavy atom. The molecule has 1 heterocycles. The SMILES string of the molecule is CCN(CC)C(=O)CN(C)C(=O)C1CC(=O)N(c2ccc(Cl)cc2)C1. The molecule has 0 aliphatic carbocycles. The standard InChI is InChI=1S/C18H24ClN3O3/c1-4-21(5-2)17(24)12-20(3)18(25)13-10-16(23)22(11-13)15-8-6-14(19)7-9-15/h6-9,13H,4-5,10-12H2,1-3H3. The van der Waals surface area contributed by atoms with Crippen LogP contribution in [0.3, 0.4) is 0 Å². The fraction of sp³-hybridized carbons (Fsp3) is 0.500. The molecule has 2 rings (SSSR count). The third-order valence-corrected chi connectivity index (χ3v) is 4.73. The molecule has 1 atom stereocenters. The quantitative estimate of drug-likeness (QED) is 0.774. The lowest BCUT2D eigenvalue weighted by molar-refractivity contribution is -0.141. The van der Waals surface area contributed by atoms with E-state index in [1.54, 1.807) is 41.1 Å². The number of hydrogen-bond donors (Lipinski definition) is 0. The minimum atomic E-state index is -0.433. The number of nitrogens with zero attached hydrogens (tertiary/aromatic N) is 3. The minimum Gasteiger partial charge on any atom is -0.342 e. The summed E-state index contributed by atoms with van der Waals surface area (Å²) in [5.41, 5.74) is 0.728. The lowest BCUT2D eigenvalue weighted by Gasteiger charge is -2.25. The molecule has 1 saturated heterocycles. The summed E-state index contributed by atoms with van der Waals surface area (Å²) in [6.07, 6.45) is 0.158. The second-order valence-corrected chi connectivity index (χ2v) is 6.58. The van der Waals surface area contributed by atoms with Crippen molar-refractivity contribution in [3.63, 3.8) is 0 Å². The molecular weight excluding hydrogens is 342 g/mol. The number of carbonyl (C=O) groups excluding carboxylic acids is 3. The van der Waals surface area contributed by atoms with Gasteiger partial charge in [-0.05, 0) is 38.1 Å². The largest absolute Gasteiger partial charge is 0.342 e. The summed E-state index contributed by atoms with van der Waals surface area (Å²) in [7, 11) is 1.61. The predicted octanol–water partition coefficient (Wildman–Crippen LogP) is 2.02. The van der Waals surface area contributed by atoms with Crippen LogP contribution in [0.2, 0.25) is 5.02 Å². The number of amides is 3. The van der Waals surface area contributed by atoms with Crippen LogP contribution < -0.4 is 4.90 Å². The number of anilines is 1. The molecule has 0 spiro atoms. The van der Waals surface area contributed by atoms with Crippen LogP contribution in [0, 0.1) is 5.92 Å². The van der Waals surface area contributed by atoms with Gasteiger partial charge in [0, 0.05) is 43.8 Å². The molecule has 3 amide bonds. The molecule has 25 heavy (non-hydrogen) atoms. The first-order valence-corrected chi connectivity index (χ1v) is 8.83. The maximum absolute atomic E-state index is 12.6. The van der Waals surface area contributed by atoms with E-state index in [1.165, 1.54) is 4.90 Å². The van der Waals surface area contributed by atoms with Gasteiger partial charge in [0.15, 0.2) is 0 Å². The predicted molar refractivity (Wildman–Crippen MR) is 97.5 cm³/mol. The van der Waals surface area contributed by atoms with Gasteiger partial charge in [-0.2, -0.15) is 0 Å². The van der Waals surface area contributed by atoms with Crippen molar-refractivity contribution >= 4 is 35.0 Å². The van der Waals surface area contributed by atoms with E-state index >= 15 is 0 Å². The van der Waals surface area contributed by atoms with Gasteiger partial charge in [0.2, 0.25) is 17.7 Å². The maximum Gasteiger partial charge on any atom is 0.242 e. The molecule has 1 aromatic rings. The van der Waals surface area contributed by atoms with E-state index in [-0.39, 0.29) is 30.7 Å². The first-order chi connectivity index (χ1) is 11.9. The van der Waals surface area contributed by atoms with Crippen molar-refractivity contribution in [1.82, 2.24) is 9.80 Å². The molecule has 0 N–H and O–H groups in total. The van der Waals surface area contributed by atoms with Crippen molar-refractivity contribution in [2.75, 3.05) is 38.1 Å². The van der Waals surface area contributed by atoms with Gasteiger partial charge in [-0.3, -0.25) is 14.4 Å². The van der Waals surface area contributed by atoms with Crippen molar-refractivity contribution in [3.8, 4) is 0 Å². The van der Waals surface area contributed by atoms with E-state index in [0.717, 1.165) is 5.69 Å². The highest BCUT2D eigenvalue weighted by Crippen LogP contribution is 2.27. The smallest absolute Gasteiger partial charge is 0.242 e. The highest BCUT2D eigenvalue weighted by molar-refractivity contribution is 6.30. The van der Waals surface area contributed by atoms with Gasteiger partial charge in [-0.15, -0.1) is 0 Å². The van der Waals surface area contributed by atoms with Gasteiger partial charge in [-0.1, -0.05) is 11.6 Å². The Balaban J connectivity index is 1.99. The highest BCUT2D eigenvalue weighted by Gasteiger charge is 2.36. The summed E-state index contributed by atoms with van der Waals surface area (Å²) in [4.78, 5) is 41.7. The third kappa shape index (κ3) is 4.51. The number of likely N-dealkylation sites (N-methyl/N-ethyl adjacent to an activating group) is 2. The molecule has 1 unspecified atom stereocenters. The van der Waals surface area contributed by atoms with Crippen LogP contribution in [0.4, 0.5) is 5.69 Å². The monoisotopic (exact) mass is 365 g/mol. The Morgan fingerprint density at radius 3 is 2.36 bits per heavy atom. The van der Waals surface area contributed by atoms with Crippen LogP contribution in [0.15, 0.2) is 24.3 Å². The fourth-order valence-corrected chi connectivity index (χ4v) is 3.14. The first-order valence-electron chi connectivity index (χ1n) is 8.46. The lowest BCUT2D eigenvalue weighted by Crippen LogP contribution is -2.43. The second kappa shape index (κ2) is 8.34. The molecule has 1 aliphatic rings. The van der Waals surface area contributed by atoms with Gasteiger partial charge in [0.1, 0.15) is 0 Å². The fourth-order valence-electron chi connectivity index (χ4n) is 3.01. The molecule has 1 fully saturated rings. The molecule has 136 valence electrons. The summed E-state index contributed by atoms with van der Waals surface area (Å²) < 4.78 is 0. The molecule has 0 bridgehead atoms. The molecule has 0 aromatic heterocycles. The van der Waals surface area contributed by atoms with Crippen LogP contribution in [-0.4, -0.2) is 60.7 Å². The van der Waals surface area contributed by atoms with Crippen LogP contribution in [0.25, 0.3) is 0 Å². The number of hydrogen-bond acceptors (Lipinski definition) is 3. The van der Waals surface area contributed by atoms with E-state index in [2.05, 4.69) is 0 Å². The summed E-state index contributed by atoms with van der Waals surface area (Å²) in [6.45, 7) is 5.40. The van der Waals surface area contributed by atoms with Crippen LogP contribution >= 0.6 is 11.6 Å². The highest BCUT2D eigenvalue weighted by atomic mass is 35.5. The average Bonchev–Trinajstić information content (AvgIpc) is 2.97. The van der Waals surface area contributed by atoms with E-state index in [0.29, 0.717) is 24.7 Å². The summed E-state index contributed by atoms with van der Waals surface area (Å²) in [5.74, 6) is -0.785. The van der Waals surface area contributed by atoms with Crippen molar-refractivity contribution in [2.24, 2.45) is 5.92 Å². The molecular formula is C18H24ClN3O3. The second-order valence-electron chi connectivity index (χ2n) is 6.14. The van der Waals surface area contributed by atoms with Crippen molar-refractivity contribution in [2.45, 2.75) is 20.3 Å². The molecule has 1 aliphatic heterocycles. The van der Waals surface area contributed by atoms with E-state index in [1.807, 2.05) is 13.8 Å². The topological polar surface area (TPSA) is 60.9 Å². The number of carbonyl (C=O) groups is 3. The molecule has 1 aromatic carbocycles. The van der Waals surface area contributed by atoms with E-state index in [4.69, 9.17) is 11.6 Å². The van der Waals surface area contributed by atoms with Crippen molar-refractivity contribution < 1.29 is 14.4 Å². The van der Waals surface area contributed by atoms with Gasteiger partial charge >= 0.3 is 0 Å². The van der Waals surface area contributed by atoms with Gasteiger partial charge in [0.05, 0.1) is 12.5 Å². The Kier molecular flexibility index (Phi) is 6.42. The average molecular weight is 366 g/mol. The molecule has 0 radical (unpaired) electrons. The summed E-state index contributed by atoms with van der Waals surface area (Å²) in [5, 5.41) is 0.595. The maximum atomic E-state index is 12.6. The summed E-state index contributed by atoms with van der Waals surface area (Å²) >= 11 is 5.87. The van der Waals surface area contributed by atoms with Crippen molar-refractivity contribution in [1.29, 1.82) is 0 Å². The van der Waals surface area contributed by atoms with E-state index in [9.17, 15) is 14.4 Å². The van der Waals surface area contributed by atoms with Crippen LogP contribution in [0.1, 0.15) is 20.3 Å². The lowest BCUT2D eigenvalue weighted by atomic mass is 10.1. The Bertz CT molecular complexity index is 643. The van der Waals surface area contributed by atoms with Gasteiger partial charge in [-0.25, -0.2) is 0 Å². The summed E-state index contributed by atoms with van der Waals surface area (Å²) in [6, 6.07) is 6.96. The van der Waals surface area contributed by atoms with E-state index < -0.39 is 5.92 Å². The molecule has 7 heteroatoms. The number of benzene rings is 1. The Morgan fingerprint density at radius 1 is 1.20 bits per heavy atom. The number of halogens is 1. The Hall–Kier alpha value is -2.08. The van der Waals surface area contributed by atoms with Crippen LogP contribution in [0.5, 0.6) is 0 Å². The van der Waals surface area contributed by atoms with Gasteiger partial charge in [0.25, 0.3) is 0 Å². The third-order valence-electron chi connectivity index (χ3n) is 4.48. The number of rotatable bonds is 6. The minimum absolute atomic E-state index is 0.0339. The van der Waals surface area contributed by atoms with Crippen molar-refractivity contribution in [3.05, 3.63) is 29.3 Å². The first kappa shape index (κ1) is 19.2. The normalized spacial score (nSPS) is 16.9. The zero-order valence-electron chi connectivity index (χ0n) is 14.9. The Labute approximate surface area is 153 Å².